The zero-order valence-corrected chi connectivity index (χ0v) is 14.7. The van der Waals surface area contributed by atoms with Gasteiger partial charge in [0.15, 0.2) is 0 Å². The van der Waals surface area contributed by atoms with Gasteiger partial charge in [-0.25, -0.2) is 9.59 Å². The van der Waals surface area contributed by atoms with E-state index >= 15 is 0 Å². The summed E-state index contributed by atoms with van der Waals surface area (Å²) in [5.41, 5.74) is -0.221. The molecule has 5 nitrogen and oxygen atoms in total. The van der Waals surface area contributed by atoms with Crippen LogP contribution in [-0.4, -0.2) is 31.3 Å². The van der Waals surface area contributed by atoms with E-state index in [4.69, 9.17) is 9.47 Å². The Morgan fingerprint density at radius 1 is 0.905 bits per heavy atom. The Hall–Kier alpha value is -1.26. The fourth-order valence-electron chi connectivity index (χ4n) is 1.33. The average molecular weight is 301 g/mol. The Balaban J connectivity index is 4.49. The Labute approximate surface area is 128 Å². The highest BCUT2D eigenvalue weighted by molar-refractivity contribution is 5.81. The van der Waals surface area contributed by atoms with Crippen LogP contribution in [0.3, 0.4) is 0 Å². The van der Waals surface area contributed by atoms with Crippen molar-refractivity contribution < 1.29 is 19.1 Å². The second kappa shape index (κ2) is 7.66. The molecular formula is C16H31NO4. The fraction of sp³-hybridized carbons (Fsp3) is 0.875. The lowest BCUT2D eigenvalue weighted by atomic mass is 9.98. The molecule has 0 aromatic rings. The van der Waals surface area contributed by atoms with Gasteiger partial charge in [-0.1, -0.05) is 55.4 Å². The molecule has 1 unspecified atom stereocenters. The van der Waals surface area contributed by atoms with E-state index in [2.05, 4.69) is 5.32 Å². The number of carbonyl (C=O) groups excluding carboxylic acids is 2. The van der Waals surface area contributed by atoms with Crippen LogP contribution < -0.4 is 5.32 Å². The van der Waals surface area contributed by atoms with Gasteiger partial charge < -0.3 is 14.8 Å². The molecule has 0 fully saturated rings. The van der Waals surface area contributed by atoms with Gasteiger partial charge in [0.05, 0.1) is 13.2 Å². The quantitative estimate of drug-likeness (QED) is 0.791. The lowest BCUT2D eigenvalue weighted by Gasteiger charge is -2.24. The van der Waals surface area contributed by atoms with Gasteiger partial charge in [0.25, 0.3) is 0 Å². The minimum absolute atomic E-state index is 0.0698. The molecule has 124 valence electrons. The van der Waals surface area contributed by atoms with Gasteiger partial charge in [0.2, 0.25) is 0 Å². The van der Waals surface area contributed by atoms with Gasteiger partial charge in [-0.2, -0.15) is 0 Å². The molecule has 0 saturated carbocycles. The van der Waals surface area contributed by atoms with Crippen LogP contribution in [0.15, 0.2) is 0 Å². The third-order valence-corrected chi connectivity index (χ3v) is 2.48. The van der Waals surface area contributed by atoms with Crippen molar-refractivity contribution in [2.45, 2.75) is 61.4 Å². The van der Waals surface area contributed by atoms with E-state index in [0.29, 0.717) is 13.2 Å². The maximum atomic E-state index is 12.1. The predicted octanol–water partition coefficient (Wildman–Crippen LogP) is 3.37. The number of carbonyl (C=O) groups is 2. The van der Waals surface area contributed by atoms with E-state index in [1.54, 1.807) is 0 Å². The van der Waals surface area contributed by atoms with Gasteiger partial charge in [-0.3, -0.25) is 0 Å². The zero-order valence-electron chi connectivity index (χ0n) is 14.7. The van der Waals surface area contributed by atoms with E-state index < -0.39 is 18.1 Å². The lowest BCUT2D eigenvalue weighted by Crippen LogP contribution is -2.46. The predicted molar refractivity (Wildman–Crippen MR) is 83.0 cm³/mol. The van der Waals surface area contributed by atoms with Crippen molar-refractivity contribution in [2.24, 2.45) is 16.7 Å². The second-order valence-corrected chi connectivity index (χ2v) is 8.17. The van der Waals surface area contributed by atoms with Gasteiger partial charge >= 0.3 is 12.1 Å². The molecule has 0 rings (SSSR count). The monoisotopic (exact) mass is 301 g/mol. The first-order valence-corrected chi connectivity index (χ1v) is 7.42. The van der Waals surface area contributed by atoms with Crippen molar-refractivity contribution in [3.8, 4) is 0 Å². The third-order valence-electron chi connectivity index (χ3n) is 2.48. The minimum atomic E-state index is -0.695. The van der Waals surface area contributed by atoms with Crippen LogP contribution in [-0.2, 0) is 14.3 Å². The van der Waals surface area contributed by atoms with E-state index in [9.17, 15) is 9.59 Å². The van der Waals surface area contributed by atoms with Gasteiger partial charge in [-0.15, -0.1) is 0 Å². The molecule has 0 aromatic carbocycles. The van der Waals surface area contributed by atoms with Crippen LogP contribution in [0.1, 0.15) is 55.4 Å². The summed E-state index contributed by atoms with van der Waals surface area (Å²) in [5.74, 6) is -0.493. The number of ether oxygens (including phenoxy) is 2. The van der Waals surface area contributed by atoms with Crippen molar-refractivity contribution in [1.29, 1.82) is 0 Å². The van der Waals surface area contributed by atoms with Crippen molar-refractivity contribution in [3.05, 3.63) is 0 Å². The summed E-state index contributed by atoms with van der Waals surface area (Å²) in [5, 5.41) is 2.59. The Kier molecular flexibility index (Phi) is 7.20. The Morgan fingerprint density at radius 3 is 1.71 bits per heavy atom. The molecule has 0 aliphatic carbocycles. The second-order valence-electron chi connectivity index (χ2n) is 8.17. The summed E-state index contributed by atoms with van der Waals surface area (Å²) < 4.78 is 10.4. The Morgan fingerprint density at radius 2 is 1.33 bits per heavy atom. The third kappa shape index (κ3) is 10.2. The van der Waals surface area contributed by atoms with Crippen molar-refractivity contribution >= 4 is 12.1 Å². The molecule has 0 bridgehead atoms. The molecule has 0 radical (unpaired) electrons. The highest BCUT2D eigenvalue weighted by atomic mass is 16.6. The molecule has 1 atom stereocenters. The van der Waals surface area contributed by atoms with Crippen LogP contribution in [0.25, 0.3) is 0 Å². The summed E-state index contributed by atoms with van der Waals surface area (Å²) in [7, 11) is 0. The van der Waals surface area contributed by atoms with Gasteiger partial charge in [0.1, 0.15) is 6.04 Å². The average Bonchev–Trinajstić information content (AvgIpc) is 2.28. The first-order valence-electron chi connectivity index (χ1n) is 7.42. The molecule has 0 spiro atoms. The number of amides is 1. The smallest absolute Gasteiger partial charge is 0.407 e. The largest absolute Gasteiger partial charge is 0.464 e. The molecule has 5 heteroatoms. The van der Waals surface area contributed by atoms with E-state index in [-0.39, 0.29) is 16.7 Å². The van der Waals surface area contributed by atoms with Crippen molar-refractivity contribution in [1.82, 2.24) is 5.32 Å². The first kappa shape index (κ1) is 19.7. The lowest BCUT2D eigenvalue weighted by molar-refractivity contribution is -0.150. The molecule has 0 saturated heterocycles. The van der Waals surface area contributed by atoms with Crippen LogP contribution in [0.5, 0.6) is 0 Å². The standard InChI is InChI=1S/C16H31NO4/c1-11(2)12(13(18)20-9-15(3,4)5)17-14(19)21-10-16(6,7)8/h11-12H,9-10H2,1-8H3,(H,17,19). The number of hydrogen-bond donors (Lipinski definition) is 1. The van der Waals surface area contributed by atoms with Gasteiger partial charge in [0, 0.05) is 0 Å². The van der Waals surface area contributed by atoms with Crippen LogP contribution >= 0.6 is 0 Å². The fourth-order valence-corrected chi connectivity index (χ4v) is 1.33. The summed E-state index contributed by atoms with van der Waals surface area (Å²) in [6.45, 7) is 16.2. The number of nitrogens with one attached hydrogen (secondary N) is 1. The summed E-state index contributed by atoms with van der Waals surface area (Å²) in [6.07, 6.45) is -0.587. The molecule has 1 amide bonds. The molecule has 21 heavy (non-hydrogen) atoms. The molecule has 0 aromatic heterocycles. The summed E-state index contributed by atoms with van der Waals surface area (Å²) in [6, 6.07) is -0.695. The van der Waals surface area contributed by atoms with Crippen LogP contribution in [0.4, 0.5) is 4.79 Å². The van der Waals surface area contributed by atoms with Crippen LogP contribution in [0.2, 0.25) is 0 Å². The van der Waals surface area contributed by atoms with Crippen molar-refractivity contribution in [3.63, 3.8) is 0 Å². The number of rotatable bonds is 5. The summed E-state index contributed by atoms with van der Waals surface area (Å²) in [4.78, 5) is 23.8. The molecular weight excluding hydrogens is 270 g/mol. The number of alkyl carbamates (subject to hydrolysis) is 1. The van der Waals surface area contributed by atoms with Gasteiger partial charge in [-0.05, 0) is 16.7 Å². The zero-order chi connectivity index (χ0) is 16.8. The minimum Gasteiger partial charge on any atom is -0.464 e. The number of esters is 1. The van der Waals surface area contributed by atoms with Crippen LogP contribution in [0, 0.1) is 16.7 Å². The van der Waals surface area contributed by atoms with E-state index in [1.807, 2.05) is 55.4 Å². The maximum absolute atomic E-state index is 12.1. The number of hydrogen-bond acceptors (Lipinski definition) is 4. The summed E-state index contributed by atoms with van der Waals surface area (Å²) >= 11 is 0. The van der Waals surface area contributed by atoms with E-state index in [1.165, 1.54) is 0 Å². The Bertz CT molecular complexity index is 350. The highest BCUT2D eigenvalue weighted by Crippen LogP contribution is 2.15. The van der Waals surface area contributed by atoms with E-state index in [0.717, 1.165) is 0 Å². The normalized spacial score (nSPS) is 13.8. The molecule has 0 heterocycles. The maximum Gasteiger partial charge on any atom is 0.407 e. The topological polar surface area (TPSA) is 64.6 Å². The molecule has 1 N–H and O–H groups in total. The highest BCUT2D eigenvalue weighted by Gasteiger charge is 2.28. The van der Waals surface area contributed by atoms with Crippen molar-refractivity contribution in [2.75, 3.05) is 13.2 Å². The SMILES string of the molecule is CC(C)C(NC(=O)OCC(C)(C)C)C(=O)OCC(C)(C)C. The molecule has 0 aliphatic rings. The first-order chi connectivity index (χ1) is 9.32. The molecule has 0 aliphatic heterocycles.